The third-order valence-electron chi connectivity index (χ3n) is 4.63. The van der Waals surface area contributed by atoms with Crippen molar-refractivity contribution in [3.05, 3.63) is 53.9 Å². The van der Waals surface area contributed by atoms with Crippen molar-refractivity contribution in [1.82, 2.24) is 4.98 Å². The summed E-state index contributed by atoms with van der Waals surface area (Å²) >= 11 is 0. The predicted molar refractivity (Wildman–Crippen MR) is 94.0 cm³/mol. The summed E-state index contributed by atoms with van der Waals surface area (Å²) in [4.78, 5) is 42.3. The second kappa shape index (κ2) is 6.68. The Morgan fingerprint density at radius 3 is 2.50 bits per heavy atom. The van der Waals surface area contributed by atoms with Crippen LogP contribution in [0.4, 0.5) is 11.4 Å². The number of rotatable bonds is 3. The topological polar surface area (TPSA) is 88.6 Å². The Hall–Kier alpha value is -3.06. The van der Waals surface area contributed by atoms with Crippen molar-refractivity contribution in [3.63, 3.8) is 0 Å². The van der Waals surface area contributed by atoms with Gasteiger partial charge in [-0.3, -0.25) is 19.4 Å². The summed E-state index contributed by atoms with van der Waals surface area (Å²) < 4.78 is 5.27. The van der Waals surface area contributed by atoms with Crippen molar-refractivity contribution in [2.75, 3.05) is 23.4 Å². The van der Waals surface area contributed by atoms with E-state index in [1.54, 1.807) is 36.4 Å². The maximum atomic E-state index is 12.5. The second-order valence-electron chi connectivity index (χ2n) is 6.27. The van der Waals surface area contributed by atoms with E-state index in [4.69, 9.17) is 4.74 Å². The second-order valence-corrected chi connectivity index (χ2v) is 6.27. The fourth-order valence-corrected chi connectivity index (χ4v) is 3.20. The zero-order chi connectivity index (χ0) is 18.1. The lowest BCUT2D eigenvalue weighted by atomic mass is 9.99. The number of pyridine rings is 1. The Bertz CT molecular complexity index is 838. The molecule has 3 heterocycles. The Labute approximate surface area is 150 Å². The minimum Gasteiger partial charge on any atom is -0.381 e. The van der Waals surface area contributed by atoms with Crippen LogP contribution in [0.2, 0.25) is 0 Å². The van der Waals surface area contributed by atoms with E-state index in [0.29, 0.717) is 43.0 Å². The molecule has 3 amide bonds. The number of imide groups is 1. The molecule has 0 atom stereocenters. The van der Waals surface area contributed by atoms with Crippen LogP contribution in [0.15, 0.2) is 42.6 Å². The number of hydrogen-bond acceptors (Lipinski definition) is 5. The Morgan fingerprint density at radius 2 is 1.81 bits per heavy atom. The third kappa shape index (κ3) is 2.86. The number of carbonyl (C=O) groups is 3. The van der Waals surface area contributed by atoms with Gasteiger partial charge in [-0.15, -0.1) is 0 Å². The molecule has 2 aromatic rings. The van der Waals surface area contributed by atoms with E-state index in [2.05, 4.69) is 10.3 Å². The van der Waals surface area contributed by atoms with Gasteiger partial charge in [0.1, 0.15) is 5.69 Å². The van der Waals surface area contributed by atoms with Crippen LogP contribution < -0.4 is 10.2 Å². The van der Waals surface area contributed by atoms with Gasteiger partial charge in [-0.2, -0.15) is 0 Å². The Balaban J connectivity index is 1.49. The monoisotopic (exact) mass is 351 g/mol. The van der Waals surface area contributed by atoms with Gasteiger partial charge in [0.2, 0.25) is 5.91 Å². The highest BCUT2D eigenvalue weighted by Crippen LogP contribution is 2.28. The first-order valence-electron chi connectivity index (χ1n) is 8.47. The van der Waals surface area contributed by atoms with Crippen molar-refractivity contribution >= 4 is 29.1 Å². The molecule has 7 heteroatoms. The van der Waals surface area contributed by atoms with Crippen molar-refractivity contribution in [3.8, 4) is 0 Å². The molecule has 26 heavy (non-hydrogen) atoms. The lowest BCUT2D eigenvalue weighted by molar-refractivity contribution is -0.122. The standard InChI is InChI=1S/C19H17N3O4/c23-17(12-7-10-26-11-8-12)21-13-3-5-14(6-4-13)22-18(24)15-2-1-9-20-16(15)19(22)25/h1-6,9,12H,7-8,10-11H2,(H,21,23). The molecule has 1 aromatic carbocycles. The van der Waals surface area contributed by atoms with E-state index in [-0.39, 0.29) is 17.5 Å². The van der Waals surface area contributed by atoms with Crippen molar-refractivity contribution in [1.29, 1.82) is 0 Å². The van der Waals surface area contributed by atoms with E-state index in [1.807, 2.05) is 0 Å². The molecule has 4 rings (SSSR count). The quantitative estimate of drug-likeness (QED) is 0.857. The lowest BCUT2D eigenvalue weighted by Crippen LogP contribution is -2.30. The fourth-order valence-electron chi connectivity index (χ4n) is 3.20. The molecular weight excluding hydrogens is 334 g/mol. The van der Waals surface area contributed by atoms with Gasteiger partial charge < -0.3 is 10.1 Å². The SMILES string of the molecule is O=C(Nc1ccc(N2C(=O)c3cccnc3C2=O)cc1)C1CCOCC1. The highest BCUT2D eigenvalue weighted by atomic mass is 16.5. The molecule has 7 nitrogen and oxygen atoms in total. The largest absolute Gasteiger partial charge is 0.381 e. The molecule has 1 fully saturated rings. The van der Waals surface area contributed by atoms with Gasteiger partial charge in [0.05, 0.1) is 11.3 Å². The van der Waals surface area contributed by atoms with Gasteiger partial charge in [-0.05, 0) is 49.2 Å². The fraction of sp³-hybridized carbons (Fsp3) is 0.263. The molecular formula is C19H17N3O4. The van der Waals surface area contributed by atoms with Gasteiger partial charge in [-0.1, -0.05) is 0 Å². The predicted octanol–water partition coefficient (Wildman–Crippen LogP) is 2.25. The molecule has 1 saturated heterocycles. The number of amides is 3. The Morgan fingerprint density at radius 1 is 1.08 bits per heavy atom. The number of aromatic nitrogens is 1. The first-order chi connectivity index (χ1) is 12.6. The van der Waals surface area contributed by atoms with E-state index in [0.717, 1.165) is 4.90 Å². The zero-order valence-electron chi connectivity index (χ0n) is 14.0. The molecule has 0 spiro atoms. The van der Waals surface area contributed by atoms with Crippen molar-refractivity contribution < 1.29 is 19.1 Å². The zero-order valence-corrected chi connectivity index (χ0v) is 14.0. The maximum Gasteiger partial charge on any atom is 0.284 e. The van der Waals surface area contributed by atoms with Crippen LogP contribution in [0.5, 0.6) is 0 Å². The molecule has 0 radical (unpaired) electrons. The molecule has 1 N–H and O–H groups in total. The summed E-state index contributed by atoms with van der Waals surface area (Å²) in [5, 5.41) is 2.87. The molecule has 0 aliphatic carbocycles. The summed E-state index contributed by atoms with van der Waals surface area (Å²) in [5.74, 6) is -0.918. The maximum absolute atomic E-state index is 12.5. The minimum atomic E-state index is -0.440. The molecule has 132 valence electrons. The molecule has 2 aliphatic heterocycles. The van der Waals surface area contributed by atoms with Crippen molar-refractivity contribution in [2.45, 2.75) is 12.8 Å². The summed E-state index contributed by atoms with van der Waals surface area (Å²) in [6.07, 6.45) is 2.92. The van der Waals surface area contributed by atoms with Crippen LogP contribution in [0.1, 0.15) is 33.7 Å². The molecule has 1 aromatic heterocycles. The van der Waals surface area contributed by atoms with Crippen LogP contribution in [-0.2, 0) is 9.53 Å². The summed E-state index contributed by atoms with van der Waals surface area (Å²) in [7, 11) is 0. The summed E-state index contributed by atoms with van der Waals surface area (Å²) in [6, 6.07) is 9.86. The van der Waals surface area contributed by atoms with Crippen LogP contribution >= 0.6 is 0 Å². The van der Waals surface area contributed by atoms with Gasteiger partial charge in [0.25, 0.3) is 11.8 Å². The van der Waals surface area contributed by atoms with E-state index in [1.165, 1.54) is 6.20 Å². The number of fused-ring (bicyclic) bond motifs is 1. The summed E-state index contributed by atoms with van der Waals surface area (Å²) in [6.45, 7) is 1.20. The van der Waals surface area contributed by atoms with E-state index in [9.17, 15) is 14.4 Å². The average Bonchev–Trinajstić information content (AvgIpc) is 2.94. The minimum absolute atomic E-state index is 0.0361. The Kier molecular flexibility index (Phi) is 4.22. The third-order valence-corrected chi connectivity index (χ3v) is 4.63. The lowest BCUT2D eigenvalue weighted by Gasteiger charge is -2.21. The average molecular weight is 351 g/mol. The molecule has 0 bridgehead atoms. The van der Waals surface area contributed by atoms with Crippen LogP contribution in [0, 0.1) is 5.92 Å². The number of anilines is 2. The highest BCUT2D eigenvalue weighted by molar-refractivity contribution is 6.33. The van der Waals surface area contributed by atoms with E-state index < -0.39 is 11.8 Å². The normalized spacial score (nSPS) is 17.3. The van der Waals surface area contributed by atoms with Crippen LogP contribution in [-0.4, -0.2) is 35.9 Å². The number of benzene rings is 1. The van der Waals surface area contributed by atoms with Gasteiger partial charge >= 0.3 is 0 Å². The molecule has 0 unspecified atom stereocenters. The first-order valence-corrected chi connectivity index (χ1v) is 8.47. The number of nitrogens with zero attached hydrogens (tertiary/aromatic N) is 2. The first kappa shape index (κ1) is 16.4. The summed E-state index contributed by atoms with van der Waals surface area (Å²) in [5.41, 5.74) is 1.53. The molecule has 0 saturated carbocycles. The van der Waals surface area contributed by atoms with Crippen LogP contribution in [0.3, 0.4) is 0 Å². The number of carbonyl (C=O) groups excluding carboxylic acids is 3. The van der Waals surface area contributed by atoms with Gasteiger partial charge in [0, 0.05) is 31.0 Å². The number of nitrogens with one attached hydrogen (secondary N) is 1. The van der Waals surface area contributed by atoms with E-state index >= 15 is 0 Å². The van der Waals surface area contributed by atoms with Gasteiger partial charge in [-0.25, -0.2) is 4.90 Å². The van der Waals surface area contributed by atoms with Crippen LogP contribution in [0.25, 0.3) is 0 Å². The van der Waals surface area contributed by atoms with Crippen molar-refractivity contribution in [2.24, 2.45) is 5.92 Å². The highest BCUT2D eigenvalue weighted by Gasteiger charge is 2.37. The number of hydrogen-bond donors (Lipinski definition) is 1. The van der Waals surface area contributed by atoms with Gasteiger partial charge in [0.15, 0.2) is 0 Å². The number of ether oxygens (including phenoxy) is 1. The molecule has 2 aliphatic rings. The smallest absolute Gasteiger partial charge is 0.284 e.